The van der Waals surface area contributed by atoms with E-state index in [1.54, 1.807) is 0 Å². The number of rotatable bonds is 6. The fourth-order valence-corrected chi connectivity index (χ4v) is 2.18. The summed E-state index contributed by atoms with van der Waals surface area (Å²) in [5.41, 5.74) is 3.77. The van der Waals surface area contributed by atoms with Crippen LogP contribution < -0.4 is 5.32 Å². The Bertz CT molecular complexity index is 496. The summed E-state index contributed by atoms with van der Waals surface area (Å²) in [5.74, 6) is 0. The largest absolute Gasteiger partial charge is 0.395 e. The number of hydrogen-bond donors (Lipinski definition) is 2. The molecule has 2 aromatic carbocycles. The van der Waals surface area contributed by atoms with E-state index in [1.165, 1.54) is 16.7 Å². The highest BCUT2D eigenvalue weighted by molar-refractivity contribution is 5.22. The van der Waals surface area contributed by atoms with Gasteiger partial charge in [0.1, 0.15) is 0 Å². The SMILES string of the molecule is Cc1cccc(CNC(CO)Cc2ccccc2)c1. The summed E-state index contributed by atoms with van der Waals surface area (Å²) in [4.78, 5) is 0. The van der Waals surface area contributed by atoms with Crippen LogP contribution in [0.15, 0.2) is 54.6 Å². The summed E-state index contributed by atoms with van der Waals surface area (Å²) < 4.78 is 0. The molecule has 19 heavy (non-hydrogen) atoms. The molecule has 2 N–H and O–H groups in total. The summed E-state index contributed by atoms with van der Waals surface area (Å²) in [5, 5.41) is 12.9. The first-order chi connectivity index (χ1) is 9.28. The molecule has 0 amide bonds. The van der Waals surface area contributed by atoms with E-state index in [4.69, 9.17) is 0 Å². The minimum Gasteiger partial charge on any atom is -0.395 e. The van der Waals surface area contributed by atoms with Gasteiger partial charge in [-0.1, -0.05) is 60.2 Å². The normalized spacial score (nSPS) is 12.3. The van der Waals surface area contributed by atoms with Crippen LogP contribution in [0.2, 0.25) is 0 Å². The van der Waals surface area contributed by atoms with Gasteiger partial charge in [0, 0.05) is 12.6 Å². The summed E-state index contributed by atoms with van der Waals surface area (Å²) >= 11 is 0. The van der Waals surface area contributed by atoms with Gasteiger partial charge >= 0.3 is 0 Å². The molecule has 100 valence electrons. The minimum absolute atomic E-state index is 0.0999. The molecule has 0 heterocycles. The van der Waals surface area contributed by atoms with Crippen LogP contribution in [-0.4, -0.2) is 17.8 Å². The third-order valence-corrected chi connectivity index (χ3v) is 3.22. The van der Waals surface area contributed by atoms with Gasteiger partial charge in [0.25, 0.3) is 0 Å². The van der Waals surface area contributed by atoms with Gasteiger partial charge in [-0.25, -0.2) is 0 Å². The second kappa shape index (κ2) is 7.07. The van der Waals surface area contributed by atoms with Crippen molar-refractivity contribution in [1.82, 2.24) is 5.32 Å². The van der Waals surface area contributed by atoms with Crippen molar-refractivity contribution in [3.8, 4) is 0 Å². The predicted octanol–water partition coefficient (Wildman–Crippen LogP) is 2.69. The summed E-state index contributed by atoms with van der Waals surface area (Å²) in [7, 11) is 0. The van der Waals surface area contributed by atoms with Crippen molar-refractivity contribution < 1.29 is 5.11 Å². The van der Waals surface area contributed by atoms with Gasteiger partial charge in [0.2, 0.25) is 0 Å². The molecule has 0 aliphatic heterocycles. The molecule has 0 aliphatic carbocycles. The number of aliphatic hydroxyl groups is 1. The maximum absolute atomic E-state index is 9.46. The van der Waals surface area contributed by atoms with Crippen molar-refractivity contribution >= 4 is 0 Å². The van der Waals surface area contributed by atoms with Crippen LogP contribution in [0.1, 0.15) is 16.7 Å². The Morgan fingerprint density at radius 2 is 1.74 bits per heavy atom. The molecule has 2 nitrogen and oxygen atoms in total. The standard InChI is InChI=1S/C17H21NO/c1-14-6-5-9-16(10-14)12-18-17(13-19)11-15-7-3-2-4-8-15/h2-10,17-19H,11-13H2,1H3. The van der Waals surface area contributed by atoms with Gasteiger partial charge < -0.3 is 10.4 Å². The van der Waals surface area contributed by atoms with Crippen LogP contribution in [0.5, 0.6) is 0 Å². The second-order valence-electron chi connectivity index (χ2n) is 4.94. The molecule has 0 bridgehead atoms. The van der Waals surface area contributed by atoms with Gasteiger partial charge in [0.15, 0.2) is 0 Å². The average molecular weight is 255 g/mol. The molecule has 0 spiro atoms. The van der Waals surface area contributed by atoms with Crippen LogP contribution in [0.4, 0.5) is 0 Å². The van der Waals surface area contributed by atoms with E-state index < -0.39 is 0 Å². The van der Waals surface area contributed by atoms with Crippen LogP contribution in [0.25, 0.3) is 0 Å². The molecular weight excluding hydrogens is 234 g/mol. The molecule has 0 saturated heterocycles. The zero-order valence-corrected chi connectivity index (χ0v) is 11.3. The number of aryl methyl sites for hydroxylation is 1. The van der Waals surface area contributed by atoms with Crippen molar-refractivity contribution in [2.75, 3.05) is 6.61 Å². The highest BCUT2D eigenvalue weighted by Gasteiger charge is 2.07. The van der Waals surface area contributed by atoms with Crippen molar-refractivity contribution in [2.24, 2.45) is 0 Å². The molecule has 1 atom stereocenters. The zero-order chi connectivity index (χ0) is 13.5. The topological polar surface area (TPSA) is 32.3 Å². The van der Waals surface area contributed by atoms with E-state index in [9.17, 15) is 5.11 Å². The Morgan fingerprint density at radius 1 is 1.00 bits per heavy atom. The Kier molecular flexibility index (Phi) is 5.13. The van der Waals surface area contributed by atoms with E-state index in [0.29, 0.717) is 0 Å². The Morgan fingerprint density at radius 3 is 2.42 bits per heavy atom. The van der Waals surface area contributed by atoms with Crippen LogP contribution in [0.3, 0.4) is 0 Å². The Balaban J connectivity index is 1.89. The molecule has 1 unspecified atom stereocenters. The van der Waals surface area contributed by atoms with E-state index in [-0.39, 0.29) is 12.6 Å². The maximum Gasteiger partial charge on any atom is 0.0587 e. The van der Waals surface area contributed by atoms with Crippen LogP contribution in [-0.2, 0) is 13.0 Å². The first-order valence-electron chi connectivity index (χ1n) is 6.71. The lowest BCUT2D eigenvalue weighted by Crippen LogP contribution is -2.34. The van der Waals surface area contributed by atoms with Gasteiger partial charge in [-0.15, -0.1) is 0 Å². The lowest BCUT2D eigenvalue weighted by Gasteiger charge is -2.16. The van der Waals surface area contributed by atoms with E-state index in [0.717, 1.165) is 13.0 Å². The number of benzene rings is 2. The fourth-order valence-electron chi connectivity index (χ4n) is 2.18. The first kappa shape index (κ1) is 13.8. The number of nitrogens with one attached hydrogen (secondary N) is 1. The van der Waals surface area contributed by atoms with Crippen molar-refractivity contribution in [1.29, 1.82) is 0 Å². The summed E-state index contributed by atoms with van der Waals surface area (Å²) in [6.45, 7) is 3.04. The van der Waals surface area contributed by atoms with Gasteiger partial charge in [0.05, 0.1) is 6.61 Å². The van der Waals surface area contributed by atoms with E-state index in [1.807, 2.05) is 18.2 Å². The fraction of sp³-hybridized carbons (Fsp3) is 0.294. The van der Waals surface area contributed by atoms with E-state index in [2.05, 4.69) is 48.6 Å². The third-order valence-electron chi connectivity index (χ3n) is 3.22. The molecule has 2 rings (SSSR count). The van der Waals surface area contributed by atoms with E-state index >= 15 is 0 Å². The predicted molar refractivity (Wildman–Crippen MR) is 79.0 cm³/mol. The monoisotopic (exact) mass is 255 g/mol. The Labute approximate surface area is 115 Å². The smallest absolute Gasteiger partial charge is 0.0587 e. The second-order valence-corrected chi connectivity index (χ2v) is 4.94. The quantitative estimate of drug-likeness (QED) is 0.832. The lowest BCUT2D eigenvalue weighted by atomic mass is 10.1. The number of aliphatic hydroxyl groups excluding tert-OH is 1. The summed E-state index contributed by atoms with van der Waals surface area (Å²) in [6.07, 6.45) is 0.850. The van der Waals surface area contributed by atoms with Gasteiger partial charge in [-0.2, -0.15) is 0 Å². The molecule has 0 saturated carbocycles. The summed E-state index contributed by atoms with van der Waals surface area (Å²) in [6, 6.07) is 18.8. The van der Waals surface area contributed by atoms with Crippen molar-refractivity contribution in [3.05, 3.63) is 71.3 Å². The lowest BCUT2D eigenvalue weighted by molar-refractivity contribution is 0.241. The van der Waals surface area contributed by atoms with Crippen molar-refractivity contribution in [2.45, 2.75) is 25.9 Å². The van der Waals surface area contributed by atoms with Crippen LogP contribution >= 0.6 is 0 Å². The zero-order valence-electron chi connectivity index (χ0n) is 11.3. The Hall–Kier alpha value is -1.64. The number of hydrogen-bond acceptors (Lipinski definition) is 2. The minimum atomic E-state index is 0.0999. The molecule has 2 aromatic rings. The molecule has 0 fully saturated rings. The van der Waals surface area contributed by atoms with Gasteiger partial charge in [-0.3, -0.25) is 0 Å². The van der Waals surface area contributed by atoms with Crippen LogP contribution in [0, 0.1) is 6.92 Å². The maximum atomic E-state index is 9.46. The third kappa shape index (κ3) is 4.51. The molecule has 2 heteroatoms. The molecular formula is C17H21NO. The molecule has 0 radical (unpaired) electrons. The highest BCUT2D eigenvalue weighted by Crippen LogP contribution is 2.06. The molecule has 0 aliphatic rings. The highest BCUT2D eigenvalue weighted by atomic mass is 16.3. The molecule has 0 aromatic heterocycles. The van der Waals surface area contributed by atoms with Gasteiger partial charge in [-0.05, 0) is 24.5 Å². The van der Waals surface area contributed by atoms with Crippen molar-refractivity contribution in [3.63, 3.8) is 0 Å². The average Bonchev–Trinajstić information content (AvgIpc) is 2.44. The first-order valence-corrected chi connectivity index (χ1v) is 6.71.